The average molecular weight is 364 g/mol. The number of hydrogen-bond acceptors (Lipinski definition) is 6. The predicted octanol–water partition coefficient (Wildman–Crippen LogP) is 1.72. The highest BCUT2D eigenvalue weighted by atomic mass is 32.2. The molecule has 1 atom stereocenters. The first-order chi connectivity index (χ1) is 12.7. The van der Waals surface area contributed by atoms with Crippen molar-refractivity contribution in [1.29, 1.82) is 0 Å². The Bertz CT molecular complexity index is 1090. The van der Waals surface area contributed by atoms with Gasteiger partial charge in [-0.1, -0.05) is 60.0 Å². The van der Waals surface area contributed by atoms with Crippen LogP contribution in [-0.2, 0) is 0 Å². The molecule has 0 saturated carbocycles. The van der Waals surface area contributed by atoms with E-state index in [0.717, 1.165) is 11.4 Å². The number of nitrogens with one attached hydrogen (secondary N) is 2. The normalized spacial score (nSPS) is 16.8. The number of para-hydroxylation sites is 2. The highest BCUT2D eigenvalue weighted by molar-refractivity contribution is 8.07. The van der Waals surface area contributed by atoms with Crippen LogP contribution in [0, 0.1) is 0 Å². The topological polar surface area (TPSA) is 77.8 Å². The molecule has 130 valence electrons. The lowest BCUT2D eigenvalue weighted by Gasteiger charge is -2.20. The van der Waals surface area contributed by atoms with Crippen molar-refractivity contribution in [3.05, 3.63) is 81.6 Å². The van der Waals surface area contributed by atoms with Crippen molar-refractivity contribution in [3.63, 3.8) is 0 Å². The summed E-state index contributed by atoms with van der Waals surface area (Å²) in [6.45, 7) is 3.95. The number of hydrazine groups is 1. The number of anilines is 1. The standard InChI is InChI=1S/C18H16N6OS/c1-13-16(17(25)23(20-13)14-8-4-2-5-9-14)12-26-18-19-21-22-24(18)15-10-6-3-7-11-15/h2-12,18,20H,1H2,(H,19,22). The van der Waals surface area contributed by atoms with E-state index in [4.69, 9.17) is 0 Å². The zero-order chi connectivity index (χ0) is 17.9. The van der Waals surface area contributed by atoms with Gasteiger partial charge in [-0.25, -0.2) is 9.69 Å². The maximum absolute atomic E-state index is 12.7. The van der Waals surface area contributed by atoms with E-state index in [1.807, 2.05) is 65.7 Å². The van der Waals surface area contributed by atoms with Crippen LogP contribution in [0.1, 0.15) is 0 Å². The van der Waals surface area contributed by atoms with E-state index in [1.54, 1.807) is 5.41 Å². The Morgan fingerprint density at radius 2 is 1.69 bits per heavy atom. The van der Waals surface area contributed by atoms with Gasteiger partial charge in [-0.2, -0.15) is 5.53 Å². The Labute approximate surface area is 153 Å². The van der Waals surface area contributed by atoms with Crippen molar-refractivity contribution >= 4 is 29.4 Å². The molecule has 1 aromatic heterocycles. The number of aromatic amines is 1. The first kappa shape index (κ1) is 16.2. The van der Waals surface area contributed by atoms with Gasteiger partial charge in [0.05, 0.1) is 21.9 Å². The van der Waals surface area contributed by atoms with E-state index in [0.29, 0.717) is 10.6 Å². The van der Waals surface area contributed by atoms with Crippen LogP contribution in [0.5, 0.6) is 0 Å². The molecule has 1 unspecified atom stereocenters. The van der Waals surface area contributed by atoms with Crippen molar-refractivity contribution in [2.75, 3.05) is 5.01 Å². The summed E-state index contributed by atoms with van der Waals surface area (Å²) in [7, 11) is 0. The van der Waals surface area contributed by atoms with Gasteiger partial charge in [0.2, 0.25) is 5.50 Å². The fourth-order valence-corrected chi connectivity index (χ4v) is 3.48. The minimum absolute atomic E-state index is 0.150. The SMILES string of the molecule is C=c1[nH]n(-c2ccccc2)c(=O)c1=CSC1N=NNN1c1ccccc1. The minimum Gasteiger partial charge on any atom is -0.291 e. The van der Waals surface area contributed by atoms with Gasteiger partial charge < -0.3 is 0 Å². The van der Waals surface area contributed by atoms with E-state index < -0.39 is 0 Å². The third-order valence-electron chi connectivity index (χ3n) is 3.89. The van der Waals surface area contributed by atoms with Gasteiger partial charge in [0.15, 0.2) is 0 Å². The molecule has 8 heteroatoms. The Balaban J connectivity index is 1.64. The third-order valence-corrected chi connectivity index (χ3v) is 4.81. The lowest BCUT2D eigenvalue weighted by atomic mass is 10.3. The molecule has 0 bridgehead atoms. The molecular weight excluding hydrogens is 348 g/mol. The van der Waals surface area contributed by atoms with Gasteiger partial charge in [0.25, 0.3) is 5.56 Å². The van der Waals surface area contributed by atoms with Crippen LogP contribution in [0.15, 0.2) is 75.8 Å². The number of H-pyrrole nitrogens is 1. The molecule has 0 spiro atoms. The fraction of sp³-hybridized carbons (Fsp3) is 0.0556. The van der Waals surface area contributed by atoms with E-state index in [-0.39, 0.29) is 11.1 Å². The molecule has 7 nitrogen and oxygen atoms in total. The van der Waals surface area contributed by atoms with E-state index in [9.17, 15) is 4.79 Å². The molecule has 26 heavy (non-hydrogen) atoms. The highest BCUT2D eigenvalue weighted by Crippen LogP contribution is 2.26. The number of benzene rings is 2. The first-order valence-electron chi connectivity index (χ1n) is 7.95. The van der Waals surface area contributed by atoms with E-state index >= 15 is 0 Å². The monoisotopic (exact) mass is 364 g/mol. The predicted molar refractivity (Wildman–Crippen MR) is 104 cm³/mol. The lowest BCUT2D eigenvalue weighted by molar-refractivity contribution is 0.734. The lowest BCUT2D eigenvalue weighted by Crippen LogP contribution is -2.37. The second-order valence-corrected chi connectivity index (χ2v) is 6.51. The summed E-state index contributed by atoms with van der Waals surface area (Å²) < 4.78 is 1.48. The van der Waals surface area contributed by atoms with Gasteiger partial charge in [-0.3, -0.25) is 9.89 Å². The Hall–Kier alpha value is -3.26. The summed E-state index contributed by atoms with van der Waals surface area (Å²) in [5.41, 5.74) is 4.11. The molecule has 1 aliphatic rings. The van der Waals surface area contributed by atoms with Crippen LogP contribution in [0.2, 0.25) is 0 Å². The van der Waals surface area contributed by atoms with Crippen molar-refractivity contribution in [1.82, 2.24) is 15.3 Å². The van der Waals surface area contributed by atoms with Crippen molar-refractivity contribution in [2.45, 2.75) is 5.50 Å². The van der Waals surface area contributed by atoms with Gasteiger partial charge in [-0.15, -0.1) is 5.11 Å². The van der Waals surface area contributed by atoms with Gasteiger partial charge in [-0.05, 0) is 29.7 Å². The van der Waals surface area contributed by atoms with E-state index in [2.05, 4.69) is 27.5 Å². The average Bonchev–Trinajstić information content (AvgIpc) is 3.26. The first-order valence-corrected chi connectivity index (χ1v) is 8.89. The summed E-state index contributed by atoms with van der Waals surface area (Å²) in [6.07, 6.45) is 0. The maximum Gasteiger partial charge on any atom is 0.279 e. The molecule has 1 aliphatic heterocycles. The molecule has 0 radical (unpaired) electrons. The van der Waals surface area contributed by atoms with Crippen LogP contribution in [-0.4, -0.2) is 15.3 Å². The molecular formula is C18H16N6OS. The largest absolute Gasteiger partial charge is 0.291 e. The number of rotatable bonds is 4. The zero-order valence-corrected chi connectivity index (χ0v) is 14.6. The summed E-state index contributed by atoms with van der Waals surface area (Å²) in [4.78, 5) is 12.7. The molecule has 2 heterocycles. The summed E-state index contributed by atoms with van der Waals surface area (Å²) >= 11 is 1.38. The molecule has 2 N–H and O–H groups in total. The van der Waals surface area contributed by atoms with Crippen LogP contribution < -0.4 is 26.7 Å². The van der Waals surface area contributed by atoms with Crippen molar-refractivity contribution in [2.24, 2.45) is 10.3 Å². The fourth-order valence-electron chi connectivity index (χ4n) is 2.59. The Kier molecular flexibility index (Phi) is 4.32. The number of hydrogen-bond donors (Lipinski definition) is 2. The molecule has 3 aromatic rings. The summed E-state index contributed by atoms with van der Waals surface area (Å²) in [5, 5.41) is 15.7. The molecule has 0 aliphatic carbocycles. The third kappa shape index (κ3) is 3.02. The van der Waals surface area contributed by atoms with Crippen LogP contribution in [0.4, 0.5) is 5.69 Å². The van der Waals surface area contributed by atoms with Crippen molar-refractivity contribution in [3.8, 4) is 5.69 Å². The number of nitrogens with zero attached hydrogens (tertiary/aromatic N) is 4. The van der Waals surface area contributed by atoms with E-state index in [1.165, 1.54) is 16.4 Å². The zero-order valence-electron chi connectivity index (χ0n) is 13.7. The highest BCUT2D eigenvalue weighted by Gasteiger charge is 2.22. The Morgan fingerprint density at radius 1 is 1.04 bits per heavy atom. The van der Waals surface area contributed by atoms with Gasteiger partial charge in [0, 0.05) is 0 Å². The summed E-state index contributed by atoms with van der Waals surface area (Å²) in [5.74, 6) is 0. The molecule has 4 rings (SSSR count). The second kappa shape index (κ2) is 6.93. The second-order valence-electron chi connectivity index (χ2n) is 5.58. The number of aromatic nitrogens is 2. The van der Waals surface area contributed by atoms with Gasteiger partial charge in [0.1, 0.15) is 0 Å². The van der Waals surface area contributed by atoms with Gasteiger partial charge >= 0.3 is 0 Å². The molecule has 0 amide bonds. The number of thioether (sulfide) groups is 1. The molecule has 0 saturated heterocycles. The Morgan fingerprint density at radius 3 is 2.38 bits per heavy atom. The minimum atomic E-state index is -0.309. The van der Waals surface area contributed by atoms with Crippen molar-refractivity contribution < 1.29 is 0 Å². The maximum atomic E-state index is 12.7. The van der Waals surface area contributed by atoms with Crippen LogP contribution >= 0.6 is 11.8 Å². The van der Waals surface area contributed by atoms with Crippen LogP contribution in [0.25, 0.3) is 17.7 Å². The molecule has 2 aromatic carbocycles. The molecule has 0 fully saturated rings. The van der Waals surface area contributed by atoms with Crippen LogP contribution in [0.3, 0.4) is 0 Å². The smallest absolute Gasteiger partial charge is 0.279 e. The summed E-state index contributed by atoms with van der Waals surface area (Å²) in [6, 6.07) is 19.1. The quantitative estimate of drug-likeness (QED) is 0.739.